The maximum absolute atomic E-state index is 13.4. The van der Waals surface area contributed by atoms with Crippen LogP contribution in [0.5, 0.6) is 0 Å². The van der Waals surface area contributed by atoms with E-state index in [4.69, 9.17) is 5.73 Å². The van der Waals surface area contributed by atoms with Gasteiger partial charge in [-0.1, -0.05) is 0 Å². The molecule has 0 unspecified atom stereocenters. The Hall–Kier alpha value is -3.08. The molecule has 1 saturated heterocycles. The molecule has 4 heterocycles. The number of nitrogens with zero attached hydrogens (tertiary/aromatic N) is 5. The molecule has 0 spiro atoms. The van der Waals surface area contributed by atoms with Crippen LogP contribution in [0.1, 0.15) is 41.4 Å². The summed E-state index contributed by atoms with van der Waals surface area (Å²) in [5, 5.41) is 13.8. The summed E-state index contributed by atoms with van der Waals surface area (Å²) in [4.78, 5) is 16.7. The fourth-order valence-electron chi connectivity index (χ4n) is 3.15. The van der Waals surface area contributed by atoms with Crippen LogP contribution in [0.2, 0.25) is 0 Å². The van der Waals surface area contributed by atoms with Crippen LogP contribution < -0.4 is 16.4 Å². The smallest absolute Gasteiger partial charge is 0.284 e. The van der Waals surface area contributed by atoms with E-state index in [-0.39, 0.29) is 28.8 Å². The van der Waals surface area contributed by atoms with Crippen LogP contribution in [-0.2, 0) is 0 Å². The second-order valence-corrected chi connectivity index (χ2v) is 6.32. The lowest BCUT2D eigenvalue weighted by Crippen LogP contribution is -2.29. The van der Waals surface area contributed by atoms with Crippen LogP contribution in [-0.4, -0.2) is 43.4 Å². The van der Waals surface area contributed by atoms with Gasteiger partial charge in [0.25, 0.3) is 12.3 Å². The first kappa shape index (κ1) is 17.3. The number of halogens is 2. The SMILES string of the molecule is Nc1ccn2ncc(C(=O)Nc3cn(C4CCNCC4)nc3C(F)F)c2n1. The predicted octanol–water partition coefficient (Wildman–Crippen LogP) is 1.62. The molecule has 4 rings (SSSR count). The number of nitrogens with one attached hydrogen (secondary N) is 2. The van der Waals surface area contributed by atoms with E-state index < -0.39 is 18.0 Å². The zero-order chi connectivity index (χ0) is 19.0. The van der Waals surface area contributed by atoms with E-state index in [1.807, 2.05) is 0 Å². The molecule has 3 aromatic rings. The highest BCUT2D eigenvalue weighted by atomic mass is 19.3. The molecule has 142 valence electrons. The van der Waals surface area contributed by atoms with Gasteiger partial charge in [-0.25, -0.2) is 18.3 Å². The average molecular weight is 376 g/mol. The van der Waals surface area contributed by atoms with Gasteiger partial charge in [0, 0.05) is 12.4 Å². The largest absolute Gasteiger partial charge is 0.384 e. The van der Waals surface area contributed by atoms with Gasteiger partial charge in [0.2, 0.25) is 0 Å². The van der Waals surface area contributed by atoms with Gasteiger partial charge >= 0.3 is 0 Å². The number of rotatable bonds is 4. The summed E-state index contributed by atoms with van der Waals surface area (Å²) in [6.07, 6.45) is 3.11. The Labute approximate surface area is 152 Å². The van der Waals surface area contributed by atoms with Gasteiger partial charge in [0.05, 0.1) is 17.9 Å². The van der Waals surface area contributed by atoms with Gasteiger partial charge in [0.15, 0.2) is 11.3 Å². The van der Waals surface area contributed by atoms with Gasteiger partial charge in [-0.05, 0) is 32.0 Å². The normalized spacial score (nSPS) is 15.5. The van der Waals surface area contributed by atoms with E-state index in [1.54, 1.807) is 12.3 Å². The Bertz CT molecular complexity index is 976. The van der Waals surface area contributed by atoms with E-state index in [1.165, 1.54) is 21.6 Å². The number of fused-ring (bicyclic) bond motifs is 1. The number of alkyl halides is 2. The molecule has 0 saturated carbocycles. The summed E-state index contributed by atoms with van der Waals surface area (Å²) in [5.74, 6) is -0.376. The highest BCUT2D eigenvalue weighted by molar-refractivity contribution is 6.08. The number of piperidine rings is 1. The van der Waals surface area contributed by atoms with Crippen LogP contribution in [0.3, 0.4) is 0 Å². The standard InChI is InChI=1S/C16H18F2N8O/c17-14(18)13-11(8-26(24-13)9-1-4-20-5-2-9)22-16(27)10-7-21-25-6-3-12(19)23-15(10)25/h3,6-9,14,20H,1-2,4-5H2,(H2,19,23)(H,22,27). The minimum Gasteiger partial charge on any atom is -0.384 e. The highest BCUT2D eigenvalue weighted by Gasteiger charge is 2.25. The Morgan fingerprint density at radius 3 is 2.89 bits per heavy atom. The number of hydrogen-bond acceptors (Lipinski definition) is 6. The molecule has 9 nitrogen and oxygen atoms in total. The molecule has 1 amide bonds. The fraction of sp³-hybridized carbons (Fsp3) is 0.375. The molecule has 27 heavy (non-hydrogen) atoms. The molecule has 0 radical (unpaired) electrons. The van der Waals surface area contributed by atoms with E-state index in [9.17, 15) is 13.6 Å². The lowest BCUT2D eigenvalue weighted by Gasteiger charge is -2.22. The van der Waals surface area contributed by atoms with Crippen molar-refractivity contribution in [2.45, 2.75) is 25.3 Å². The first-order valence-corrected chi connectivity index (χ1v) is 8.52. The van der Waals surface area contributed by atoms with Gasteiger partial charge in [-0.2, -0.15) is 10.2 Å². The molecule has 0 aromatic carbocycles. The number of carbonyl (C=O) groups excluding carboxylic acids is 1. The fourth-order valence-corrected chi connectivity index (χ4v) is 3.15. The minimum absolute atomic E-state index is 0.0169. The van der Waals surface area contributed by atoms with Gasteiger partial charge in [-0.3, -0.25) is 9.48 Å². The van der Waals surface area contributed by atoms with Crippen molar-refractivity contribution in [1.82, 2.24) is 29.7 Å². The predicted molar refractivity (Wildman–Crippen MR) is 93.7 cm³/mol. The molecule has 0 aliphatic carbocycles. The molecule has 11 heteroatoms. The quantitative estimate of drug-likeness (QED) is 0.637. The zero-order valence-electron chi connectivity index (χ0n) is 14.3. The van der Waals surface area contributed by atoms with Crippen molar-refractivity contribution >= 4 is 23.1 Å². The Balaban J connectivity index is 1.63. The molecule has 1 aliphatic heterocycles. The van der Waals surface area contributed by atoms with Crippen molar-refractivity contribution < 1.29 is 13.6 Å². The average Bonchev–Trinajstić information content (AvgIpc) is 3.26. The van der Waals surface area contributed by atoms with Gasteiger partial charge < -0.3 is 16.4 Å². The van der Waals surface area contributed by atoms with Crippen LogP contribution in [0.25, 0.3) is 5.65 Å². The third-order valence-corrected chi connectivity index (χ3v) is 4.53. The number of aromatic nitrogens is 5. The zero-order valence-corrected chi connectivity index (χ0v) is 14.3. The molecule has 0 atom stereocenters. The van der Waals surface area contributed by atoms with E-state index in [2.05, 4.69) is 25.8 Å². The summed E-state index contributed by atoms with van der Waals surface area (Å²) >= 11 is 0. The lowest BCUT2D eigenvalue weighted by molar-refractivity contribution is 0.102. The number of carbonyl (C=O) groups is 1. The maximum Gasteiger partial charge on any atom is 0.284 e. The molecular formula is C16H18F2N8O. The Morgan fingerprint density at radius 2 is 2.15 bits per heavy atom. The summed E-state index contributed by atoms with van der Waals surface area (Å²) in [6, 6.07) is 1.56. The van der Waals surface area contributed by atoms with Crippen LogP contribution in [0, 0.1) is 0 Å². The summed E-state index contributed by atoms with van der Waals surface area (Å²) in [7, 11) is 0. The van der Waals surface area contributed by atoms with E-state index >= 15 is 0 Å². The maximum atomic E-state index is 13.4. The molecule has 0 bridgehead atoms. The monoisotopic (exact) mass is 376 g/mol. The number of nitrogen functional groups attached to an aromatic ring is 1. The number of hydrogen-bond donors (Lipinski definition) is 3. The van der Waals surface area contributed by atoms with Gasteiger partial charge in [0.1, 0.15) is 11.4 Å². The minimum atomic E-state index is -2.80. The number of nitrogens with two attached hydrogens (primary N) is 1. The Kier molecular flexibility index (Phi) is 4.44. The second kappa shape index (κ2) is 6.91. The second-order valence-electron chi connectivity index (χ2n) is 6.32. The van der Waals surface area contributed by atoms with Crippen molar-refractivity contribution in [2.24, 2.45) is 0 Å². The molecular weight excluding hydrogens is 358 g/mol. The van der Waals surface area contributed by atoms with Crippen LogP contribution in [0.4, 0.5) is 20.3 Å². The summed E-state index contributed by atoms with van der Waals surface area (Å²) in [6.45, 7) is 1.59. The third-order valence-electron chi connectivity index (χ3n) is 4.53. The molecule has 1 aliphatic rings. The van der Waals surface area contributed by atoms with Gasteiger partial charge in [-0.15, -0.1) is 0 Å². The van der Waals surface area contributed by atoms with Crippen LogP contribution in [0.15, 0.2) is 24.7 Å². The first-order chi connectivity index (χ1) is 13.0. The lowest BCUT2D eigenvalue weighted by atomic mass is 10.1. The summed E-state index contributed by atoms with van der Waals surface area (Å²) in [5.41, 5.74) is 5.57. The third kappa shape index (κ3) is 3.33. The Morgan fingerprint density at radius 1 is 1.37 bits per heavy atom. The van der Waals surface area contributed by atoms with E-state index in [0.29, 0.717) is 0 Å². The van der Waals surface area contributed by atoms with E-state index in [0.717, 1.165) is 25.9 Å². The molecule has 4 N–H and O–H groups in total. The van der Waals surface area contributed by atoms with Crippen molar-refractivity contribution in [3.63, 3.8) is 0 Å². The van der Waals surface area contributed by atoms with Crippen molar-refractivity contribution in [1.29, 1.82) is 0 Å². The highest BCUT2D eigenvalue weighted by Crippen LogP contribution is 2.29. The molecule has 3 aromatic heterocycles. The topological polar surface area (TPSA) is 115 Å². The van der Waals surface area contributed by atoms with Crippen molar-refractivity contribution in [3.8, 4) is 0 Å². The number of anilines is 2. The number of amides is 1. The first-order valence-electron chi connectivity index (χ1n) is 8.52. The summed E-state index contributed by atoms with van der Waals surface area (Å²) < 4.78 is 29.7. The van der Waals surface area contributed by atoms with Crippen molar-refractivity contribution in [2.75, 3.05) is 24.1 Å². The molecule has 1 fully saturated rings. The van der Waals surface area contributed by atoms with Crippen molar-refractivity contribution in [3.05, 3.63) is 35.9 Å². The van der Waals surface area contributed by atoms with Crippen LogP contribution >= 0.6 is 0 Å².